The van der Waals surface area contributed by atoms with E-state index >= 15 is 0 Å². The van der Waals surface area contributed by atoms with Crippen LogP contribution in [0.5, 0.6) is 5.75 Å². The second-order valence-corrected chi connectivity index (χ2v) is 7.19. The first-order valence-electron chi connectivity index (χ1n) is 10.4. The monoisotopic (exact) mass is 427 g/mol. The molecule has 1 aliphatic rings. The van der Waals surface area contributed by atoms with Crippen molar-refractivity contribution in [2.75, 3.05) is 50.7 Å². The molecule has 0 aromatic heterocycles. The van der Waals surface area contributed by atoms with Crippen LogP contribution in [0.1, 0.15) is 23.2 Å². The van der Waals surface area contributed by atoms with Crippen molar-refractivity contribution in [2.24, 2.45) is 0 Å². The molecule has 0 saturated carbocycles. The second-order valence-electron chi connectivity index (χ2n) is 7.19. The van der Waals surface area contributed by atoms with Crippen LogP contribution in [-0.4, -0.2) is 57.9 Å². The van der Waals surface area contributed by atoms with Gasteiger partial charge in [0.25, 0.3) is 5.91 Å². The van der Waals surface area contributed by atoms with E-state index in [-0.39, 0.29) is 24.5 Å². The van der Waals surface area contributed by atoms with Crippen molar-refractivity contribution < 1.29 is 23.8 Å². The van der Waals surface area contributed by atoms with E-state index in [1.807, 2.05) is 6.07 Å². The van der Waals surface area contributed by atoms with Gasteiger partial charge in [-0.05, 0) is 55.3 Å². The maximum atomic E-state index is 12.4. The number of benzene rings is 2. The molecule has 1 fully saturated rings. The molecule has 2 aromatic rings. The lowest BCUT2D eigenvalue weighted by Gasteiger charge is -2.12. The molecule has 1 aliphatic heterocycles. The molecule has 2 aromatic carbocycles. The minimum absolute atomic E-state index is 0.0765. The van der Waals surface area contributed by atoms with Crippen LogP contribution in [0.4, 0.5) is 11.4 Å². The van der Waals surface area contributed by atoms with Crippen molar-refractivity contribution in [1.82, 2.24) is 5.32 Å². The average molecular weight is 428 g/mol. The Labute approximate surface area is 182 Å². The van der Waals surface area contributed by atoms with Crippen LogP contribution in [0.2, 0.25) is 0 Å². The molecule has 1 unspecified atom stereocenters. The van der Waals surface area contributed by atoms with Gasteiger partial charge in [0.15, 0.2) is 0 Å². The molecule has 1 atom stereocenters. The molecule has 3 N–H and O–H groups in total. The molecule has 31 heavy (non-hydrogen) atoms. The second kappa shape index (κ2) is 11.9. The minimum atomic E-state index is -0.193. The van der Waals surface area contributed by atoms with Gasteiger partial charge >= 0.3 is 0 Å². The van der Waals surface area contributed by atoms with Gasteiger partial charge < -0.3 is 30.2 Å². The van der Waals surface area contributed by atoms with Gasteiger partial charge in [-0.3, -0.25) is 9.59 Å². The fourth-order valence-corrected chi connectivity index (χ4v) is 3.15. The molecule has 1 saturated heterocycles. The quantitative estimate of drug-likeness (QED) is 0.477. The van der Waals surface area contributed by atoms with Crippen LogP contribution in [0, 0.1) is 0 Å². The average Bonchev–Trinajstić information content (AvgIpc) is 3.31. The lowest BCUT2D eigenvalue weighted by atomic mass is 10.1. The van der Waals surface area contributed by atoms with E-state index in [0.29, 0.717) is 42.4 Å². The predicted molar refractivity (Wildman–Crippen MR) is 119 cm³/mol. The summed E-state index contributed by atoms with van der Waals surface area (Å²) in [6, 6.07) is 14.2. The van der Waals surface area contributed by atoms with Crippen molar-refractivity contribution in [3.05, 3.63) is 54.1 Å². The van der Waals surface area contributed by atoms with Crippen molar-refractivity contribution in [1.29, 1.82) is 0 Å². The lowest BCUT2D eigenvalue weighted by molar-refractivity contribution is -0.114. The van der Waals surface area contributed by atoms with Crippen molar-refractivity contribution in [2.45, 2.75) is 18.9 Å². The van der Waals surface area contributed by atoms with Gasteiger partial charge in [-0.25, -0.2) is 0 Å². The Morgan fingerprint density at radius 1 is 1.10 bits per heavy atom. The normalized spacial score (nSPS) is 15.3. The molecule has 1 heterocycles. The number of rotatable bonds is 11. The maximum absolute atomic E-state index is 12.4. The van der Waals surface area contributed by atoms with Crippen molar-refractivity contribution >= 4 is 23.2 Å². The summed E-state index contributed by atoms with van der Waals surface area (Å²) < 4.78 is 16.0. The van der Waals surface area contributed by atoms with Gasteiger partial charge in [0.1, 0.15) is 12.4 Å². The summed E-state index contributed by atoms with van der Waals surface area (Å²) in [5.41, 5.74) is 1.91. The van der Waals surface area contributed by atoms with Crippen molar-refractivity contribution in [3.63, 3.8) is 0 Å². The Hall–Kier alpha value is -3.10. The molecular weight excluding hydrogens is 398 g/mol. The van der Waals surface area contributed by atoms with E-state index in [2.05, 4.69) is 16.0 Å². The number of amides is 2. The molecule has 8 heteroatoms. The van der Waals surface area contributed by atoms with Crippen LogP contribution in [0.3, 0.4) is 0 Å². The van der Waals surface area contributed by atoms with E-state index in [9.17, 15) is 9.59 Å². The summed E-state index contributed by atoms with van der Waals surface area (Å²) in [5.74, 6) is 0.362. The highest BCUT2D eigenvalue weighted by Crippen LogP contribution is 2.16. The Morgan fingerprint density at radius 3 is 2.68 bits per heavy atom. The third kappa shape index (κ3) is 7.58. The SMILES string of the molecule is COCCOc1ccc(NC(=O)CNc2cccc(C(=O)NCC3CCCO3)c2)cc1. The highest BCUT2D eigenvalue weighted by Gasteiger charge is 2.16. The zero-order valence-electron chi connectivity index (χ0n) is 17.7. The zero-order chi connectivity index (χ0) is 21.9. The van der Waals surface area contributed by atoms with Gasteiger partial charge in [-0.1, -0.05) is 6.07 Å². The van der Waals surface area contributed by atoms with Crippen LogP contribution in [0.15, 0.2) is 48.5 Å². The Kier molecular flexibility index (Phi) is 8.69. The minimum Gasteiger partial charge on any atom is -0.491 e. The first kappa shape index (κ1) is 22.6. The summed E-state index contributed by atoms with van der Waals surface area (Å²) in [6.07, 6.45) is 2.11. The first-order chi connectivity index (χ1) is 15.1. The molecular formula is C23H29N3O5. The van der Waals surface area contributed by atoms with Gasteiger partial charge in [-0.2, -0.15) is 0 Å². The number of methoxy groups -OCH3 is 1. The molecule has 0 aliphatic carbocycles. The largest absolute Gasteiger partial charge is 0.491 e. The summed E-state index contributed by atoms with van der Waals surface area (Å²) >= 11 is 0. The number of carbonyl (C=O) groups excluding carboxylic acids is 2. The Morgan fingerprint density at radius 2 is 1.94 bits per heavy atom. The summed E-state index contributed by atoms with van der Waals surface area (Å²) in [4.78, 5) is 24.6. The number of ether oxygens (including phenoxy) is 3. The maximum Gasteiger partial charge on any atom is 0.251 e. The number of nitrogens with one attached hydrogen (secondary N) is 3. The van der Waals surface area contributed by atoms with Gasteiger partial charge in [0.05, 0.1) is 19.3 Å². The van der Waals surface area contributed by atoms with Crippen LogP contribution >= 0.6 is 0 Å². The fraction of sp³-hybridized carbons (Fsp3) is 0.391. The standard InChI is InChI=1S/C23H29N3O5/c1-29-12-13-31-20-9-7-18(8-10-20)26-22(27)16-24-19-5-2-4-17(14-19)23(28)25-15-21-6-3-11-30-21/h2,4-5,7-10,14,21,24H,3,6,11-13,15-16H2,1H3,(H,25,28)(H,26,27). The molecule has 0 bridgehead atoms. The van der Waals surface area contributed by atoms with E-state index in [1.165, 1.54) is 0 Å². The first-order valence-corrected chi connectivity index (χ1v) is 10.4. The number of hydrogen-bond donors (Lipinski definition) is 3. The number of anilines is 2. The Balaban J connectivity index is 1.43. The van der Waals surface area contributed by atoms with Gasteiger partial charge in [-0.15, -0.1) is 0 Å². The predicted octanol–water partition coefficient (Wildman–Crippen LogP) is 2.67. The molecule has 2 amide bonds. The van der Waals surface area contributed by atoms with Crippen molar-refractivity contribution in [3.8, 4) is 5.75 Å². The third-order valence-electron chi connectivity index (χ3n) is 4.79. The summed E-state index contributed by atoms with van der Waals surface area (Å²) in [7, 11) is 1.62. The summed E-state index contributed by atoms with van der Waals surface area (Å²) in [6.45, 7) is 2.33. The zero-order valence-corrected chi connectivity index (χ0v) is 17.7. The highest BCUT2D eigenvalue weighted by atomic mass is 16.5. The van der Waals surface area contributed by atoms with E-state index < -0.39 is 0 Å². The highest BCUT2D eigenvalue weighted by molar-refractivity contribution is 5.96. The van der Waals surface area contributed by atoms with Gasteiger partial charge in [0.2, 0.25) is 5.91 Å². The van der Waals surface area contributed by atoms with Crippen LogP contribution in [0.25, 0.3) is 0 Å². The molecule has 166 valence electrons. The van der Waals surface area contributed by atoms with Gasteiger partial charge in [0, 0.05) is 37.2 Å². The molecule has 0 radical (unpaired) electrons. The molecule has 3 rings (SSSR count). The van der Waals surface area contributed by atoms with E-state index in [4.69, 9.17) is 14.2 Å². The Bertz CT molecular complexity index is 851. The van der Waals surface area contributed by atoms with E-state index in [0.717, 1.165) is 19.4 Å². The number of hydrogen-bond acceptors (Lipinski definition) is 6. The topological polar surface area (TPSA) is 97.9 Å². The van der Waals surface area contributed by atoms with Crippen LogP contribution in [-0.2, 0) is 14.3 Å². The smallest absolute Gasteiger partial charge is 0.251 e. The van der Waals surface area contributed by atoms with E-state index in [1.54, 1.807) is 49.6 Å². The van der Waals surface area contributed by atoms with Crippen LogP contribution < -0.4 is 20.7 Å². The third-order valence-corrected chi connectivity index (χ3v) is 4.79. The number of carbonyl (C=O) groups is 2. The molecule has 8 nitrogen and oxygen atoms in total. The lowest BCUT2D eigenvalue weighted by Crippen LogP contribution is -2.31. The fourth-order valence-electron chi connectivity index (χ4n) is 3.15. The molecule has 0 spiro atoms. The summed E-state index contributed by atoms with van der Waals surface area (Å²) in [5, 5.41) is 8.77.